The maximum absolute atomic E-state index is 14.1. The number of nitrogens with one attached hydrogen (secondary N) is 1. The maximum Gasteiger partial charge on any atom is 0.409 e. The number of hydrogen-bond acceptors (Lipinski definition) is 11. The summed E-state index contributed by atoms with van der Waals surface area (Å²) in [6.07, 6.45) is 1.61. The number of likely N-dealkylation sites (N-methyl/N-ethyl adjacent to an activating group) is 1. The number of carbonyl (C=O) groups is 4. The minimum absolute atomic E-state index is 0.0509. The van der Waals surface area contributed by atoms with Crippen molar-refractivity contribution in [3.05, 3.63) is 46.5 Å². The van der Waals surface area contributed by atoms with Crippen molar-refractivity contribution < 1.29 is 48.0 Å². The van der Waals surface area contributed by atoms with Crippen molar-refractivity contribution in [3.8, 4) is 5.75 Å². The van der Waals surface area contributed by atoms with Crippen LogP contribution in [0.4, 0.5) is 10.5 Å². The number of anilines is 1. The Labute approximate surface area is 322 Å². The normalized spacial score (nSPS) is 31.5. The number of methoxy groups -OCH3 is 2. The van der Waals surface area contributed by atoms with Crippen LogP contribution in [-0.4, -0.2) is 109 Å². The molecule has 8 atom stereocenters. The molecule has 1 aromatic rings. The first-order chi connectivity index (χ1) is 24.6. The van der Waals surface area contributed by atoms with E-state index < -0.39 is 65.7 Å². The van der Waals surface area contributed by atoms with Gasteiger partial charge in [-0.25, -0.2) is 9.59 Å². The Morgan fingerprint density at radius 2 is 1.94 bits per heavy atom. The number of epoxide rings is 1. The third kappa shape index (κ3) is 9.88. The topological polar surface area (TPSA) is 156 Å². The molecule has 2 fully saturated rings. The van der Waals surface area contributed by atoms with Crippen LogP contribution in [0.3, 0.4) is 0 Å². The Bertz CT molecular complexity index is 1630. The van der Waals surface area contributed by atoms with Crippen molar-refractivity contribution in [3.63, 3.8) is 0 Å². The third-order valence-electron chi connectivity index (χ3n) is 10.5. The average Bonchev–Trinajstić information content (AvgIpc) is 3.78. The number of thiol groups is 1. The largest absolute Gasteiger partial charge is 0.495 e. The molecule has 3 heterocycles. The summed E-state index contributed by atoms with van der Waals surface area (Å²) in [6.45, 7) is 10.8. The van der Waals surface area contributed by atoms with E-state index >= 15 is 0 Å². The summed E-state index contributed by atoms with van der Waals surface area (Å²) in [7, 11) is 6.02. The lowest BCUT2D eigenvalue weighted by Crippen LogP contribution is -2.63. The molecule has 0 aromatic heterocycles. The molecule has 0 aliphatic carbocycles. The summed E-state index contributed by atoms with van der Waals surface area (Å²) >= 11 is 11.3. The van der Waals surface area contributed by atoms with Gasteiger partial charge in [0.15, 0.2) is 5.72 Å². The van der Waals surface area contributed by atoms with Crippen LogP contribution in [-0.2, 0) is 39.8 Å². The monoisotopic (exact) mass is 779 g/mol. The number of aliphatic hydroxyl groups is 1. The van der Waals surface area contributed by atoms with Gasteiger partial charge in [0.1, 0.15) is 40.7 Å². The van der Waals surface area contributed by atoms with Crippen LogP contribution in [0.1, 0.15) is 72.8 Å². The highest BCUT2D eigenvalue weighted by Gasteiger charge is 2.64. The molecule has 0 spiro atoms. The van der Waals surface area contributed by atoms with Crippen LogP contribution in [0, 0.1) is 5.92 Å². The second-order valence-electron chi connectivity index (χ2n) is 15.2. The van der Waals surface area contributed by atoms with E-state index in [1.807, 2.05) is 26.8 Å². The fourth-order valence-corrected chi connectivity index (χ4v) is 7.23. The van der Waals surface area contributed by atoms with Gasteiger partial charge in [0, 0.05) is 44.7 Å². The quantitative estimate of drug-likeness (QED) is 0.187. The van der Waals surface area contributed by atoms with Crippen molar-refractivity contribution in [2.45, 2.75) is 120 Å². The second-order valence-corrected chi connectivity index (χ2v) is 16.8. The lowest BCUT2D eigenvalue weighted by atomic mass is 9.83. The third-order valence-corrected chi connectivity index (χ3v) is 11.1. The molecule has 2 saturated heterocycles. The molecule has 1 unspecified atom stereocenters. The number of amides is 3. The average molecular weight is 780 g/mol. The van der Waals surface area contributed by atoms with E-state index in [-0.39, 0.29) is 34.9 Å². The van der Waals surface area contributed by atoms with E-state index in [9.17, 15) is 24.3 Å². The maximum atomic E-state index is 14.1. The lowest BCUT2D eigenvalue weighted by Gasteiger charge is -2.42. The molecule has 3 aliphatic heterocycles. The first-order valence-corrected chi connectivity index (χ1v) is 18.5. The van der Waals surface area contributed by atoms with E-state index in [2.05, 4.69) is 17.9 Å². The molecule has 15 heteroatoms. The molecule has 3 aliphatic rings. The van der Waals surface area contributed by atoms with Gasteiger partial charge in [-0.15, -0.1) is 0 Å². The fraction of sp³-hybridized carbons (Fsp3) is 0.632. The molecule has 1 aromatic carbocycles. The number of hydrogen-bond donors (Lipinski definition) is 3. The SMILES string of the molecule is COc1cc2cc(c1Cl)N(C)C(=O)C[C@H](OC(=O)[C@H](C)N(C)C(=O)CCC(C)(C)S)[C@]1(C)O[C@H]1[C@H](C)C1C[C@@](O)(NC(=O)O1)[C@H](OC)/C=C/C=C(\C)C2. The molecule has 53 heavy (non-hydrogen) atoms. The zero-order valence-corrected chi connectivity index (χ0v) is 33.9. The first kappa shape index (κ1) is 42.4. The number of fused-ring (bicyclic) bond motifs is 5. The van der Waals surface area contributed by atoms with E-state index in [0.717, 1.165) is 11.1 Å². The fourth-order valence-electron chi connectivity index (χ4n) is 6.81. The Morgan fingerprint density at radius 1 is 1.26 bits per heavy atom. The van der Waals surface area contributed by atoms with E-state index in [1.165, 1.54) is 31.1 Å². The summed E-state index contributed by atoms with van der Waals surface area (Å²) in [4.78, 5) is 56.5. The van der Waals surface area contributed by atoms with Gasteiger partial charge in [-0.2, -0.15) is 12.6 Å². The summed E-state index contributed by atoms with van der Waals surface area (Å²) in [6, 6.07) is 2.60. The molecular weight excluding hydrogens is 726 g/mol. The van der Waals surface area contributed by atoms with Crippen LogP contribution < -0.4 is 15.0 Å². The first-order valence-electron chi connectivity index (χ1n) is 17.7. The molecule has 0 radical (unpaired) electrons. The summed E-state index contributed by atoms with van der Waals surface area (Å²) < 4.78 is 28.8. The molecule has 13 nitrogen and oxygen atoms in total. The highest BCUT2D eigenvalue weighted by atomic mass is 35.5. The number of allylic oxidation sites excluding steroid dienone is 3. The summed E-state index contributed by atoms with van der Waals surface area (Å²) in [5, 5.41) is 14.5. The lowest BCUT2D eigenvalue weighted by molar-refractivity contribution is -0.162. The molecule has 0 saturated carbocycles. The molecular formula is C38H54ClN3O10S. The molecule has 294 valence electrons. The van der Waals surface area contributed by atoms with Crippen LogP contribution in [0.2, 0.25) is 5.02 Å². The van der Waals surface area contributed by atoms with Gasteiger partial charge >= 0.3 is 12.1 Å². The Morgan fingerprint density at radius 3 is 2.57 bits per heavy atom. The minimum Gasteiger partial charge on any atom is -0.495 e. The Hall–Kier alpha value is -3.30. The number of halogens is 1. The number of benzene rings is 1. The van der Waals surface area contributed by atoms with Gasteiger partial charge < -0.3 is 38.6 Å². The summed E-state index contributed by atoms with van der Waals surface area (Å²) in [5.41, 5.74) is -0.916. The van der Waals surface area contributed by atoms with Crippen molar-refractivity contribution in [2.24, 2.45) is 5.92 Å². The van der Waals surface area contributed by atoms with Crippen LogP contribution >= 0.6 is 24.2 Å². The minimum atomic E-state index is -1.83. The smallest absolute Gasteiger partial charge is 0.409 e. The van der Waals surface area contributed by atoms with Crippen molar-refractivity contribution in [1.29, 1.82) is 0 Å². The Balaban J connectivity index is 1.74. The van der Waals surface area contributed by atoms with Gasteiger partial charge in [-0.05, 0) is 51.3 Å². The molecule has 4 rings (SSSR count). The van der Waals surface area contributed by atoms with Crippen LogP contribution in [0.5, 0.6) is 5.75 Å². The number of ether oxygens (including phenoxy) is 5. The number of alkyl carbamates (subject to hydrolysis) is 1. The zero-order valence-electron chi connectivity index (χ0n) is 32.2. The highest BCUT2D eigenvalue weighted by Crippen LogP contribution is 2.49. The van der Waals surface area contributed by atoms with Gasteiger partial charge in [0.25, 0.3) is 0 Å². The molecule has 3 amide bonds. The van der Waals surface area contributed by atoms with E-state index in [0.29, 0.717) is 24.3 Å². The number of esters is 1. The van der Waals surface area contributed by atoms with Gasteiger partial charge in [-0.3, -0.25) is 14.9 Å². The summed E-state index contributed by atoms with van der Waals surface area (Å²) in [5.74, 6) is -1.58. The Kier molecular flexibility index (Phi) is 13.3. The number of nitrogens with zero attached hydrogens (tertiary/aromatic N) is 2. The molecule has 2 N–H and O–H groups in total. The van der Waals surface area contributed by atoms with Crippen molar-refractivity contribution >= 4 is 53.8 Å². The second kappa shape index (κ2) is 16.6. The predicted molar refractivity (Wildman–Crippen MR) is 203 cm³/mol. The van der Waals surface area contributed by atoms with Crippen LogP contribution in [0.15, 0.2) is 35.9 Å². The number of carbonyl (C=O) groups excluding carboxylic acids is 4. The van der Waals surface area contributed by atoms with E-state index in [1.54, 1.807) is 52.1 Å². The van der Waals surface area contributed by atoms with E-state index in [4.69, 9.17) is 35.3 Å². The number of rotatable bonds is 8. The zero-order chi connectivity index (χ0) is 39.6. The van der Waals surface area contributed by atoms with Gasteiger partial charge in [0.05, 0.1) is 25.3 Å². The standard InChI is InChI=1S/C38H54ClN3O10S/c1-21-12-11-13-28(49-10)38(47)20-27(50-35(46)40-38)22(2)33-37(6,52-33)29(51-34(45)23(3)41(7)30(43)14-15-36(4,5)53)19-31(44)42(8)25-17-24(16-21)18-26(48-9)32(25)39/h11-13,17-18,22-23,27-29,33,47,53H,14-16,19-20H2,1-10H3,(H,40,46)/b13-11+,21-12+/t22-,23+,27?,28-,29+,33+,37+,38+/m1/s1. The van der Waals surface area contributed by atoms with Gasteiger partial charge in [0.2, 0.25) is 11.8 Å². The highest BCUT2D eigenvalue weighted by molar-refractivity contribution is 7.81. The van der Waals surface area contributed by atoms with Crippen LogP contribution in [0.25, 0.3) is 0 Å². The molecule has 4 bridgehead atoms. The van der Waals surface area contributed by atoms with Gasteiger partial charge in [-0.1, -0.05) is 56.2 Å². The predicted octanol–water partition coefficient (Wildman–Crippen LogP) is 5.00. The van der Waals surface area contributed by atoms with Crippen molar-refractivity contribution in [2.75, 3.05) is 33.2 Å². The van der Waals surface area contributed by atoms with Crippen molar-refractivity contribution in [1.82, 2.24) is 10.2 Å².